The summed E-state index contributed by atoms with van der Waals surface area (Å²) in [4.78, 5) is 22.6. The topological polar surface area (TPSA) is 91.2 Å². The summed E-state index contributed by atoms with van der Waals surface area (Å²) in [7, 11) is 0. The van der Waals surface area contributed by atoms with E-state index < -0.39 is 0 Å². The van der Waals surface area contributed by atoms with Crippen LogP contribution in [0.15, 0.2) is 11.4 Å². The molecule has 1 heterocycles. The monoisotopic (exact) mass is 281 g/mol. The quantitative estimate of drug-likeness (QED) is 0.577. The van der Waals surface area contributed by atoms with Crippen LogP contribution in [0.4, 0.5) is 5.00 Å². The van der Waals surface area contributed by atoms with E-state index in [1.54, 1.807) is 18.4 Å². The second kappa shape index (κ2) is 8.24. The highest BCUT2D eigenvalue weighted by molar-refractivity contribution is 7.14. The second-order valence-corrected chi connectivity index (χ2v) is 4.47. The Morgan fingerprint density at radius 2 is 2.32 bits per heavy atom. The summed E-state index contributed by atoms with van der Waals surface area (Å²) in [5.74, 6) is -0.539. The number of nitrogens with zero attached hydrogens (tertiary/aromatic N) is 1. The number of esters is 1. The van der Waals surface area contributed by atoms with Gasteiger partial charge in [0.2, 0.25) is 5.91 Å². The van der Waals surface area contributed by atoms with E-state index in [9.17, 15) is 9.59 Å². The molecule has 0 atom stereocenters. The molecule has 102 valence electrons. The highest BCUT2D eigenvalue weighted by Crippen LogP contribution is 2.21. The minimum atomic E-state index is -0.291. The predicted molar refractivity (Wildman–Crippen MR) is 71.8 cm³/mol. The molecule has 1 aromatic heterocycles. The van der Waals surface area contributed by atoms with Crippen LogP contribution in [0, 0.1) is 11.3 Å². The van der Waals surface area contributed by atoms with Crippen LogP contribution in [-0.2, 0) is 14.3 Å². The summed E-state index contributed by atoms with van der Waals surface area (Å²) in [5.41, 5.74) is 0.449. The van der Waals surface area contributed by atoms with E-state index in [0.29, 0.717) is 23.7 Å². The zero-order valence-electron chi connectivity index (χ0n) is 10.6. The molecule has 0 spiro atoms. The van der Waals surface area contributed by atoms with Gasteiger partial charge in [0.25, 0.3) is 0 Å². The van der Waals surface area contributed by atoms with Gasteiger partial charge < -0.3 is 15.4 Å². The fourth-order valence-corrected chi connectivity index (χ4v) is 2.04. The van der Waals surface area contributed by atoms with Crippen LogP contribution in [0.2, 0.25) is 0 Å². The largest absolute Gasteiger partial charge is 0.466 e. The number of amides is 1. The molecule has 0 saturated carbocycles. The van der Waals surface area contributed by atoms with Gasteiger partial charge in [-0.25, -0.2) is 0 Å². The lowest BCUT2D eigenvalue weighted by molar-refractivity contribution is -0.143. The Morgan fingerprint density at radius 3 is 3.00 bits per heavy atom. The second-order valence-electron chi connectivity index (χ2n) is 3.56. The van der Waals surface area contributed by atoms with E-state index >= 15 is 0 Å². The summed E-state index contributed by atoms with van der Waals surface area (Å²) in [6.45, 7) is 2.56. The van der Waals surface area contributed by atoms with Crippen LogP contribution in [-0.4, -0.2) is 31.6 Å². The molecule has 6 nitrogen and oxygen atoms in total. The van der Waals surface area contributed by atoms with E-state index in [1.165, 1.54) is 11.3 Å². The Morgan fingerprint density at radius 1 is 1.53 bits per heavy atom. The molecule has 0 saturated heterocycles. The van der Waals surface area contributed by atoms with Crippen LogP contribution < -0.4 is 10.6 Å². The molecule has 0 unspecified atom stereocenters. The van der Waals surface area contributed by atoms with E-state index in [-0.39, 0.29) is 24.8 Å². The highest BCUT2D eigenvalue weighted by atomic mass is 32.1. The maximum Gasteiger partial charge on any atom is 0.307 e. The third kappa shape index (κ3) is 5.50. The minimum absolute atomic E-state index is 0.0855. The first kappa shape index (κ1) is 15.1. The Balaban J connectivity index is 2.22. The number of carbonyl (C=O) groups excluding carboxylic acids is 2. The van der Waals surface area contributed by atoms with Crippen LogP contribution in [0.1, 0.15) is 18.9 Å². The van der Waals surface area contributed by atoms with Gasteiger partial charge in [0, 0.05) is 6.54 Å². The zero-order chi connectivity index (χ0) is 14.1. The molecule has 0 aliphatic rings. The number of hydrogen-bond acceptors (Lipinski definition) is 6. The summed E-state index contributed by atoms with van der Waals surface area (Å²) in [6.07, 6.45) is 0.226. The lowest BCUT2D eigenvalue weighted by atomic mass is 10.3. The van der Waals surface area contributed by atoms with Crippen molar-refractivity contribution in [3.8, 4) is 6.07 Å². The molecule has 0 aliphatic heterocycles. The first-order valence-corrected chi connectivity index (χ1v) is 6.69. The van der Waals surface area contributed by atoms with Crippen LogP contribution in [0.5, 0.6) is 0 Å². The van der Waals surface area contributed by atoms with E-state index in [4.69, 9.17) is 10.00 Å². The number of nitrogens with one attached hydrogen (secondary N) is 2. The van der Waals surface area contributed by atoms with Crippen LogP contribution >= 0.6 is 11.3 Å². The average molecular weight is 281 g/mol. The Kier molecular flexibility index (Phi) is 6.57. The van der Waals surface area contributed by atoms with Gasteiger partial charge in [0.1, 0.15) is 11.1 Å². The summed E-state index contributed by atoms with van der Waals surface area (Å²) in [6, 6.07) is 3.64. The number of anilines is 1. The molecule has 0 bridgehead atoms. The molecular formula is C12H15N3O3S. The third-order valence-electron chi connectivity index (χ3n) is 2.14. The molecule has 1 aromatic rings. The van der Waals surface area contributed by atoms with Crippen molar-refractivity contribution in [2.75, 3.05) is 25.0 Å². The molecule has 0 radical (unpaired) electrons. The van der Waals surface area contributed by atoms with Gasteiger partial charge in [-0.3, -0.25) is 9.59 Å². The smallest absolute Gasteiger partial charge is 0.307 e. The number of hydrogen-bond donors (Lipinski definition) is 2. The van der Waals surface area contributed by atoms with Gasteiger partial charge in [-0.15, -0.1) is 11.3 Å². The normalized spacial score (nSPS) is 9.68. The van der Waals surface area contributed by atoms with E-state index in [2.05, 4.69) is 10.6 Å². The minimum Gasteiger partial charge on any atom is -0.466 e. The Bertz CT molecular complexity index is 479. The molecular weight excluding hydrogens is 266 g/mol. The SMILES string of the molecule is CCOC(=O)CCNCC(=O)Nc1sccc1C#N. The number of ether oxygens (including phenoxy) is 1. The van der Waals surface area contributed by atoms with Gasteiger partial charge in [-0.1, -0.05) is 0 Å². The van der Waals surface area contributed by atoms with Crippen molar-refractivity contribution in [2.24, 2.45) is 0 Å². The summed E-state index contributed by atoms with van der Waals surface area (Å²) in [5, 5.41) is 16.5. The molecule has 2 N–H and O–H groups in total. The predicted octanol–water partition coefficient (Wildman–Crippen LogP) is 1.10. The number of nitriles is 1. The molecule has 19 heavy (non-hydrogen) atoms. The maximum absolute atomic E-state index is 11.6. The fraction of sp³-hybridized carbons (Fsp3) is 0.417. The average Bonchev–Trinajstić information content (AvgIpc) is 2.82. The van der Waals surface area contributed by atoms with Gasteiger partial charge in [-0.05, 0) is 18.4 Å². The Labute approximate surface area is 115 Å². The fourth-order valence-electron chi connectivity index (χ4n) is 1.29. The van der Waals surface area contributed by atoms with Crippen molar-refractivity contribution in [3.63, 3.8) is 0 Å². The molecule has 0 aromatic carbocycles. The van der Waals surface area contributed by atoms with Crippen molar-refractivity contribution in [1.82, 2.24) is 5.32 Å². The van der Waals surface area contributed by atoms with Crippen LogP contribution in [0.25, 0.3) is 0 Å². The Hall–Kier alpha value is -1.91. The summed E-state index contributed by atoms with van der Waals surface area (Å²) < 4.78 is 4.75. The first-order valence-electron chi connectivity index (χ1n) is 5.81. The van der Waals surface area contributed by atoms with Gasteiger partial charge in [0.05, 0.1) is 25.1 Å². The van der Waals surface area contributed by atoms with Gasteiger partial charge in [0.15, 0.2) is 0 Å². The molecule has 0 fully saturated rings. The van der Waals surface area contributed by atoms with Crippen molar-refractivity contribution in [2.45, 2.75) is 13.3 Å². The standard InChI is InChI=1S/C12H15N3O3S/c1-2-18-11(17)3-5-14-8-10(16)15-12-9(7-13)4-6-19-12/h4,6,14H,2-3,5,8H2,1H3,(H,15,16). The highest BCUT2D eigenvalue weighted by Gasteiger charge is 2.08. The number of carbonyl (C=O) groups is 2. The van der Waals surface area contributed by atoms with E-state index in [0.717, 1.165) is 0 Å². The van der Waals surface area contributed by atoms with Crippen molar-refractivity contribution >= 4 is 28.2 Å². The van der Waals surface area contributed by atoms with Gasteiger partial charge >= 0.3 is 5.97 Å². The van der Waals surface area contributed by atoms with Crippen LogP contribution in [0.3, 0.4) is 0 Å². The molecule has 0 aliphatic carbocycles. The number of rotatable bonds is 7. The van der Waals surface area contributed by atoms with E-state index in [1.807, 2.05) is 6.07 Å². The lowest BCUT2D eigenvalue weighted by Gasteiger charge is -2.05. The van der Waals surface area contributed by atoms with Gasteiger partial charge in [-0.2, -0.15) is 5.26 Å². The van der Waals surface area contributed by atoms with Crippen molar-refractivity contribution in [3.05, 3.63) is 17.0 Å². The molecule has 1 rings (SSSR count). The summed E-state index contributed by atoms with van der Waals surface area (Å²) >= 11 is 1.30. The maximum atomic E-state index is 11.6. The molecule has 1 amide bonds. The zero-order valence-corrected chi connectivity index (χ0v) is 11.4. The lowest BCUT2D eigenvalue weighted by Crippen LogP contribution is -2.29. The molecule has 7 heteroatoms. The van der Waals surface area contributed by atoms with Crippen molar-refractivity contribution in [1.29, 1.82) is 5.26 Å². The first-order chi connectivity index (χ1) is 9.17. The third-order valence-corrected chi connectivity index (χ3v) is 2.97. The number of thiophene rings is 1. The van der Waals surface area contributed by atoms with Crippen molar-refractivity contribution < 1.29 is 14.3 Å².